The summed E-state index contributed by atoms with van der Waals surface area (Å²) in [6.07, 6.45) is 3.69. The molecule has 1 fully saturated rings. The molecule has 2 rings (SSSR count). The Morgan fingerprint density at radius 2 is 2.50 bits per heavy atom. The molecule has 6 heteroatoms. The van der Waals surface area contributed by atoms with Crippen LogP contribution in [-0.2, 0) is 0 Å². The molecule has 0 spiro atoms. The third kappa shape index (κ3) is 1.96. The Balaban J connectivity index is 2.24. The van der Waals surface area contributed by atoms with Crippen LogP contribution in [0.1, 0.15) is 6.42 Å². The summed E-state index contributed by atoms with van der Waals surface area (Å²) in [7, 11) is 0. The van der Waals surface area contributed by atoms with E-state index in [2.05, 4.69) is 4.98 Å². The molecular weight excluding hydrogens is 210 g/mol. The van der Waals surface area contributed by atoms with E-state index in [-0.39, 0.29) is 18.2 Å². The van der Waals surface area contributed by atoms with Crippen molar-refractivity contribution in [2.75, 3.05) is 24.6 Å². The van der Waals surface area contributed by atoms with E-state index in [0.717, 1.165) is 13.0 Å². The van der Waals surface area contributed by atoms with Gasteiger partial charge in [0.1, 0.15) is 11.9 Å². The van der Waals surface area contributed by atoms with E-state index in [1.807, 2.05) is 4.90 Å². The molecule has 0 amide bonds. The first-order valence-corrected chi connectivity index (χ1v) is 5.16. The third-order valence-electron chi connectivity index (χ3n) is 2.86. The Hall–Kier alpha value is -1.69. The van der Waals surface area contributed by atoms with Gasteiger partial charge in [-0.1, -0.05) is 0 Å². The molecule has 1 N–H and O–H groups in total. The number of nitro groups is 1. The molecule has 0 saturated carbocycles. The van der Waals surface area contributed by atoms with Gasteiger partial charge < -0.3 is 10.0 Å². The van der Waals surface area contributed by atoms with Crippen molar-refractivity contribution in [3.8, 4) is 0 Å². The Morgan fingerprint density at radius 1 is 1.69 bits per heavy atom. The number of hydrogen-bond donors (Lipinski definition) is 1. The molecule has 1 atom stereocenters. The van der Waals surface area contributed by atoms with Gasteiger partial charge in [-0.15, -0.1) is 0 Å². The van der Waals surface area contributed by atoms with Crippen LogP contribution in [0.4, 0.5) is 11.4 Å². The van der Waals surface area contributed by atoms with Crippen LogP contribution < -0.4 is 4.90 Å². The normalized spacial score (nSPS) is 20.1. The SMILES string of the molecule is O=[N+]([O-])c1cnccc1N1CCC(CO)C1. The summed E-state index contributed by atoms with van der Waals surface area (Å²) in [6, 6.07) is 1.65. The van der Waals surface area contributed by atoms with E-state index in [4.69, 9.17) is 5.11 Å². The van der Waals surface area contributed by atoms with Crippen molar-refractivity contribution < 1.29 is 10.0 Å². The van der Waals surface area contributed by atoms with E-state index < -0.39 is 4.92 Å². The number of aliphatic hydroxyl groups is 1. The lowest BCUT2D eigenvalue weighted by Gasteiger charge is -2.17. The number of pyridine rings is 1. The highest BCUT2D eigenvalue weighted by Gasteiger charge is 2.26. The third-order valence-corrected chi connectivity index (χ3v) is 2.86. The minimum Gasteiger partial charge on any atom is -0.396 e. The molecule has 0 aliphatic carbocycles. The van der Waals surface area contributed by atoms with Crippen LogP contribution in [0.25, 0.3) is 0 Å². The molecule has 6 nitrogen and oxygen atoms in total. The van der Waals surface area contributed by atoms with Crippen LogP contribution in [0.3, 0.4) is 0 Å². The van der Waals surface area contributed by atoms with Crippen molar-refractivity contribution in [3.05, 3.63) is 28.6 Å². The molecule has 1 aromatic heterocycles. The zero-order valence-electron chi connectivity index (χ0n) is 8.74. The number of aromatic nitrogens is 1. The average molecular weight is 223 g/mol. The van der Waals surface area contributed by atoms with Crippen molar-refractivity contribution in [3.63, 3.8) is 0 Å². The van der Waals surface area contributed by atoms with Gasteiger partial charge in [0.05, 0.1) is 4.92 Å². The Bertz CT molecular complexity index is 397. The van der Waals surface area contributed by atoms with Gasteiger partial charge >= 0.3 is 5.69 Å². The maximum Gasteiger partial charge on any atom is 0.310 e. The van der Waals surface area contributed by atoms with Crippen molar-refractivity contribution >= 4 is 11.4 Å². The molecule has 86 valence electrons. The van der Waals surface area contributed by atoms with Gasteiger partial charge in [-0.25, -0.2) is 0 Å². The summed E-state index contributed by atoms with van der Waals surface area (Å²) in [4.78, 5) is 16.1. The summed E-state index contributed by atoms with van der Waals surface area (Å²) in [5.41, 5.74) is 0.622. The molecule has 1 aliphatic heterocycles. The molecular formula is C10H13N3O3. The highest BCUT2D eigenvalue weighted by atomic mass is 16.6. The molecule has 0 aromatic carbocycles. The first kappa shape index (κ1) is 10.8. The summed E-state index contributed by atoms with van der Waals surface area (Å²) in [5.74, 6) is 0.216. The second-order valence-electron chi connectivity index (χ2n) is 3.90. The van der Waals surface area contributed by atoms with Gasteiger partial charge in [-0.3, -0.25) is 15.1 Å². The Labute approximate surface area is 92.7 Å². The Kier molecular flexibility index (Phi) is 3.00. The predicted octanol–water partition coefficient (Wildman–Crippen LogP) is 0.808. The van der Waals surface area contributed by atoms with Crippen molar-refractivity contribution in [2.24, 2.45) is 5.92 Å². The largest absolute Gasteiger partial charge is 0.396 e. The maximum atomic E-state index is 10.8. The average Bonchev–Trinajstić information content (AvgIpc) is 2.77. The molecule has 1 unspecified atom stereocenters. The summed E-state index contributed by atoms with van der Waals surface area (Å²) >= 11 is 0. The van der Waals surface area contributed by atoms with Crippen LogP contribution in [0.5, 0.6) is 0 Å². The summed E-state index contributed by atoms with van der Waals surface area (Å²) in [5, 5.41) is 19.9. The molecule has 1 aromatic rings. The molecule has 16 heavy (non-hydrogen) atoms. The van der Waals surface area contributed by atoms with E-state index in [1.165, 1.54) is 6.20 Å². The first-order chi connectivity index (χ1) is 7.72. The second-order valence-corrected chi connectivity index (χ2v) is 3.90. The van der Waals surface area contributed by atoms with Gasteiger partial charge in [0.2, 0.25) is 0 Å². The predicted molar refractivity (Wildman–Crippen MR) is 58.3 cm³/mol. The highest BCUT2D eigenvalue weighted by molar-refractivity contribution is 5.62. The van der Waals surface area contributed by atoms with Crippen molar-refractivity contribution in [1.29, 1.82) is 0 Å². The molecule has 1 aliphatic rings. The van der Waals surface area contributed by atoms with Gasteiger partial charge in [0, 0.05) is 31.8 Å². The zero-order valence-corrected chi connectivity index (χ0v) is 8.74. The number of nitrogens with zero attached hydrogens (tertiary/aromatic N) is 3. The summed E-state index contributed by atoms with van der Waals surface area (Å²) < 4.78 is 0. The monoisotopic (exact) mass is 223 g/mol. The number of hydrogen-bond acceptors (Lipinski definition) is 5. The molecule has 2 heterocycles. The van der Waals surface area contributed by atoms with Gasteiger partial charge in [0.25, 0.3) is 0 Å². The summed E-state index contributed by atoms with van der Waals surface area (Å²) in [6.45, 7) is 1.55. The standard InChI is InChI=1S/C10H13N3O3/c14-7-8-2-4-12(6-8)9-1-3-11-5-10(9)13(15)16/h1,3,5,8,14H,2,4,6-7H2. The fourth-order valence-electron chi connectivity index (χ4n) is 1.99. The van der Waals surface area contributed by atoms with Gasteiger partial charge in [-0.2, -0.15) is 0 Å². The number of aliphatic hydroxyl groups excluding tert-OH is 1. The molecule has 0 radical (unpaired) electrons. The van der Waals surface area contributed by atoms with Crippen LogP contribution in [0.15, 0.2) is 18.5 Å². The van der Waals surface area contributed by atoms with Crippen molar-refractivity contribution in [2.45, 2.75) is 6.42 Å². The van der Waals surface area contributed by atoms with E-state index in [0.29, 0.717) is 12.2 Å². The van der Waals surface area contributed by atoms with E-state index in [9.17, 15) is 10.1 Å². The molecule has 1 saturated heterocycles. The zero-order chi connectivity index (χ0) is 11.5. The Morgan fingerprint density at radius 3 is 3.12 bits per heavy atom. The van der Waals surface area contributed by atoms with Crippen LogP contribution in [0.2, 0.25) is 0 Å². The fourth-order valence-corrected chi connectivity index (χ4v) is 1.99. The lowest BCUT2D eigenvalue weighted by atomic mass is 10.1. The molecule has 0 bridgehead atoms. The van der Waals surface area contributed by atoms with Gasteiger partial charge in [-0.05, 0) is 12.5 Å². The van der Waals surface area contributed by atoms with E-state index >= 15 is 0 Å². The first-order valence-electron chi connectivity index (χ1n) is 5.16. The van der Waals surface area contributed by atoms with Crippen LogP contribution in [0, 0.1) is 16.0 Å². The highest BCUT2D eigenvalue weighted by Crippen LogP contribution is 2.30. The van der Waals surface area contributed by atoms with Gasteiger partial charge in [0.15, 0.2) is 0 Å². The van der Waals surface area contributed by atoms with Crippen LogP contribution in [-0.4, -0.2) is 34.7 Å². The van der Waals surface area contributed by atoms with E-state index in [1.54, 1.807) is 12.3 Å². The number of rotatable bonds is 3. The number of anilines is 1. The maximum absolute atomic E-state index is 10.8. The van der Waals surface area contributed by atoms with Crippen LogP contribution >= 0.6 is 0 Å². The minimum absolute atomic E-state index is 0.0288. The quantitative estimate of drug-likeness (QED) is 0.605. The van der Waals surface area contributed by atoms with Crippen molar-refractivity contribution in [1.82, 2.24) is 4.98 Å². The fraction of sp³-hybridized carbons (Fsp3) is 0.500. The smallest absolute Gasteiger partial charge is 0.310 e. The lowest BCUT2D eigenvalue weighted by Crippen LogP contribution is -2.21. The second kappa shape index (κ2) is 4.44. The minimum atomic E-state index is -0.422. The topological polar surface area (TPSA) is 79.5 Å². The lowest BCUT2D eigenvalue weighted by molar-refractivity contribution is -0.384.